The van der Waals surface area contributed by atoms with Gasteiger partial charge >= 0.3 is 13.9 Å². The van der Waals surface area contributed by atoms with Gasteiger partial charge in [-0.15, -0.1) is 0 Å². The highest BCUT2D eigenvalue weighted by atomic mass is 31.2. The maximum atomic E-state index is 13.0. The van der Waals surface area contributed by atoms with Gasteiger partial charge in [-0.2, -0.15) is 0 Å². The molecule has 1 heterocycles. The van der Waals surface area contributed by atoms with Crippen LogP contribution >= 0.6 is 7.82 Å². The molecule has 0 saturated heterocycles. The Balaban J connectivity index is 2.84. The third-order valence-electron chi connectivity index (χ3n) is 3.48. The van der Waals surface area contributed by atoms with Crippen LogP contribution in [0, 0.1) is 0 Å². The monoisotopic (exact) mass is 461 g/mol. The van der Waals surface area contributed by atoms with Crippen molar-refractivity contribution in [2.24, 2.45) is 0 Å². The van der Waals surface area contributed by atoms with Crippen molar-refractivity contribution in [3.05, 3.63) is 23.9 Å². The molecule has 0 spiro atoms. The van der Waals surface area contributed by atoms with E-state index >= 15 is 0 Å². The second-order valence-electron chi connectivity index (χ2n) is 8.69. The van der Waals surface area contributed by atoms with Crippen LogP contribution in [0.15, 0.2) is 18.3 Å². The first-order chi connectivity index (χ1) is 14.3. The molecule has 0 atom stereocenters. The molecule has 0 unspecified atom stereocenters. The number of nitrogens with one attached hydrogen (secondary N) is 1. The summed E-state index contributed by atoms with van der Waals surface area (Å²) in [5.41, 5.74) is -0.782. The highest BCUT2D eigenvalue weighted by molar-refractivity contribution is 7.48. The second-order valence-corrected chi connectivity index (χ2v) is 10.2. The fraction of sp³-hybridized carbons (Fsp3) is 0.700. The molecule has 1 aromatic heterocycles. The van der Waals surface area contributed by atoms with Crippen molar-refractivity contribution < 1.29 is 32.4 Å². The largest absolute Gasteiger partial charge is 0.478 e. The molecular formula is C20H36N3O7P. The third kappa shape index (κ3) is 10.9. The first kappa shape index (κ1) is 27.3. The van der Waals surface area contributed by atoms with Crippen LogP contribution in [0.5, 0.6) is 0 Å². The highest BCUT2D eigenvalue weighted by Gasteiger charge is 2.37. The van der Waals surface area contributed by atoms with E-state index in [1.807, 2.05) is 6.07 Å². The fourth-order valence-electron chi connectivity index (χ4n) is 2.41. The van der Waals surface area contributed by atoms with E-state index in [-0.39, 0.29) is 13.1 Å². The molecule has 0 aliphatic heterocycles. The van der Waals surface area contributed by atoms with Gasteiger partial charge in [0.25, 0.3) is 0 Å². The number of ether oxygens (including phenoxy) is 2. The van der Waals surface area contributed by atoms with E-state index in [0.29, 0.717) is 12.4 Å². The Morgan fingerprint density at radius 3 is 2.29 bits per heavy atom. The van der Waals surface area contributed by atoms with Gasteiger partial charge in [0.15, 0.2) is 0 Å². The number of hydrogen-bond donors (Lipinski definition) is 1. The van der Waals surface area contributed by atoms with E-state index in [9.17, 15) is 9.36 Å². The number of amides is 1. The lowest BCUT2D eigenvalue weighted by Crippen LogP contribution is -2.34. The Labute approximate surface area is 185 Å². The predicted molar refractivity (Wildman–Crippen MR) is 118 cm³/mol. The molecule has 0 saturated carbocycles. The predicted octanol–water partition coefficient (Wildman–Crippen LogP) is 4.42. The Bertz CT molecular complexity index is 727. The summed E-state index contributed by atoms with van der Waals surface area (Å²) in [4.78, 5) is 18.3. The number of rotatable bonds is 11. The molecule has 1 amide bonds. The Hall–Kier alpha value is -1.71. The van der Waals surface area contributed by atoms with Crippen LogP contribution in [0.1, 0.15) is 47.1 Å². The molecule has 178 valence electrons. The van der Waals surface area contributed by atoms with E-state index in [2.05, 4.69) is 10.3 Å². The molecular weight excluding hydrogens is 425 g/mol. The van der Waals surface area contributed by atoms with Gasteiger partial charge in [0.2, 0.25) is 6.79 Å². The topological polar surface area (TPSA) is 108 Å². The molecule has 1 N–H and O–H groups in total. The van der Waals surface area contributed by atoms with E-state index < -0.39 is 31.9 Å². The normalized spacial score (nSPS) is 12.5. The SMILES string of the molecule is CNc1ncccc1CN(CCOC)C(=O)OCOP(=O)(OC(C)(C)C)OC(C)(C)C. The third-order valence-corrected chi connectivity index (χ3v) is 5.44. The van der Waals surface area contributed by atoms with Crippen molar-refractivity contribution in [1.82, 2.24) is 9.88 Å². The highest BCUT2D eigenvalue weighted by Crippen LogP contribution is 2.55. The lowest BCUT2D eigenvalue weighted by molar-refractivity contribution is -0.0350. The molecule has 1 rings (SSSR count). The van der Waals surface area contributed by atoms with Gasteiger partial charge in [-0.25, -0.2) is 18.9 Å². The smallest absolute Gasteiger partial charge is 0.422 e. The molecule has 0 fully saturated rings. The molecule has 0 aliphatic carbocycles. The van der Waals surface area contributed by atoms with Crippen molar-refractivity contribution in [1.29, 1.82) is 0 Å². The maximum Gasteiger partial charge on any atom is 0.478 e. The number of pyridine rings is 1. The first-order valence-electron chi connectivity index (χ1n) is 9.97. The number of methoxy groups -OCH3 is 1. The minimum atomic E-state index is -3.99. The number of nitrogens with zero attached hydrogens (tertiary/aromatic N) is 2. The van der Waals surface area contributed by atoms with Crippen molar-refractivity contribution in [2.45, 2.75) is 59.3 Å². The van der Waals surface area contributed by atoms with Gasteiger partial charge in [0.1, 0.15) is 5.82 Å². The average Bonchev–Trinajstić information content (AvgIpc) is 2.61. The van der Waals surface area contributed by atoms with Gasteiger partial charge < -0.3 is 19.7 Å². The average molecular weight is 461 g/mol. The van der Waals surface area contributed by atoms with E-state index in [1.54, 1.807) is 68.0 Å². The summed E-state index contributed by atoms with van der Waals surface area (Å²) < 4.78 is 39.6. The maximum absolute atomic E-state index is 13.0. The summed E-state index contributed by atoms with van der Waals surface area (Å²) in [7, 11) is -0.699. The van der Waals surface area contributed by atoms with Gasteiger partial charge in [-0.05, 0) is 47.6 Å². The zero-order valence-electron chi connectivity index (χ0n) is 19.8. The number of carbonyl (C=O) groups is 1. The summed E-state index contributed by atoms with van der Waals surface area (Å²) in [6, 6.07) is 3.63. The van der Waals surface area contributed by atoms with Gasteiger partial charge in [0.05, 0.1) is 24.4 Å². The minimum absolute atomic E-state index is 0.237. The van der Waals surface area contributed by atoms with E-state index in [1.165, 1.54) is 4.90 Å². The van der Waals surface area contributed by atoms with Crippen molar-refractivity contribution in [2.75, 3.05) is 39.4 Å². The van der Waals surface area contributed by atoms with Gasteiger partial charge in [-0.3, -0.25) is 9.05 Å². The molecule has 10 nitrogen and oxygen atoms in total. The number of hydrogen-bond acceptors (Lipinski definition) is 9. The Morgan fingerprint density at radius 1 is 1.16 bits per heavy atom. The molecule has 31 heavy (non-hydrogen) atoms. The van der Waals surface area contributed by atoms with Gasteiger partial charge in [-0.1, -0.05) is 6.07 Å². The minimum Gasteiger partial charge on any atom is -0.422 e. The quantitative estimate of drug-likeness (QED) is 0.378. The lowest BCUT2D eigenvalue weighted by atomic mass is 10.2. The summed E-state index contributed by atoms with van der Waals surface area (Å²) >= 11 is 0. The van der Waals surface area contributed by atoms with Crippen LogP contribution < -0.4 is 5.32 Å². The van der Waals surface area contributed by atoms with Crippen LogP contribution in [-0.2, 0) is 34.2 Å². The van der Waals surface area contributed by atoms with Crippen molar-refractivity contribution in [3.63, 3.8) is 0 Å². The molecule has 0 radical (unpaired) electrons. The number of anilines is 1. The van der Waals surface area contributed by atoms with Crippen LogP contribution in [0.3, 0.4) is 0 Å². The molecule has 11 heteroatoms. The van der Waals surface area contributed by atoms with E-state index in [4.69, 9.17) is 23.0 Å². The number of phosphoric ester groups is 1. The zero-order chi connectivity index (χ0) is 23.7. The summed E-state index contributed by atoms with van der Waals surface area (Å²) in [5, 5.41) is 2.99. The summed E-state index contributed by atoms with van der Waals surface area (Å²) in [6.45, 7) is 10.6. The molecule has 1 aromatic rings. The fourth-order valence-corrected chi connectivity index (χ4v) is 4.07. The van der Waals surface area contributed by atoms with Crippen LogP contribution in [0.4, 0.5) is 10.6 Å². The number of aromatic nitrogens is 1. The summed E-state index contributed by atoms with van der Waals surface area (Å²) in [6.07, 6.45) is 0.990. The standard InChI is InChI=1S/C20H36N3O7P/c1-19(2,3)29-31(25,30-20(4,5)6)28-15-27-18(24)23(12-13-26-8)14-16-10-9-11-22-17(16)21-7/h9-11H,12-15H2,1-8H3,(H,21,22). The van der Waals surface area contributed by atoms with Crippen LogP contribution in [0.25, 0.3) is 0 Å². The van der Waals surface area contributed by atoms with E-state index in [0.717, 1.165) is 5.56 Å². The van der Waals surface area contributed by atoms with Crippen molar-refractivity contribution >= 4 is 19.7 Å². The summed E-state index contributed by atoms with van der Waals surface area (Å²) in [5.74, 6) is 0.649. The van der Waals surface area contributed by atoms with Crippen LogP contribution in [0.2, 0.25) is 0 Å². The lowest BCUT2D eigenvalue weighted by Gasteiger charge is -2.30. The first-order valence-corrected chi connectivity index (χ1v) is 11.4. The second kappa shape index (κ2) is 11.8. The Kier molecular flexibility index (Phi) is 10.4. The zero-order valence-corrected chi connectivity index (χ0v) is 20.7. The number of phosphoric acid groups is 1. The Morgan fingerprint density at radius 2 is 1.77 bits per heavy atom. The molecule has 0 bridgehead atoms. The van der Waals surface area contributed by atoms with Crippen molar-refractivity contribution in [3.8, 4) is 0 Å². The van der Waals surface area contributed by atoms with Crippen LogP contribution in [-0.4, -0.2) is 61.3 Å². The molecule has 0 aromatic carbocycles. The number of carbonyl (C=O) groups excluding carboxylic acids is 1. The molecule has 0 aliphatic rings. The van der Waals surface area contributed by atoms with Gasteiger partial charge in [0, 0.05) is 32.5 Å².